The van der Waals surface area contributed by atoms with Gasteiger partial charge in [-0.2, -0.15) is 0 Å². The molecule has 0 radical (unpaired) electrons. The lowest BCUT2D eigenvalue weighted by molar-refractivity contribution is 0.629. The smallest absolute Gasteiger partial charge is 0.273 e. The van der Waals surface area contributed by atoms with E-state index in [-0.39, 0.29) is 17.1 Å². The summed E-state index contributed by atoms with van der Waals surface area (Å²) in [6.07, 6.45) is 0. The Bertz CT molecular complexity index is 843. The van der Waals surface area contributed by atoms with Gasteiger partial charge >= 0.3 is 0 Å². The largest absolute Gasteiger partial charge is 0.394 e. The molecular weight excluding hydrogens is 269 g/mol. The van der Waals surface area contributed by atoms with E-state index >= 15 is 0 Å². The average Bonchev–Trinajstić information content (AvgIpc) is 2.50. The molecule has 21 heavy (non-hydrogen) atoms. The van der Waals surface area contributed by atoms with E-state index in [1.165, 1.54) is 18.2 Å². The number of anilines is 2. The molecule has 0 fully saturated rings. The number of hydrogen-bond acceptors (Lipinski definition) is 3. The fourth-order valence-electron chi connectivity index (χ4n) is 2.25. The lowest BCUT2D eigenvalue weighted by Gasteiger charge is -2.11. The lowest BCUT2D eigenvalue weighted by atomic mass is 10.1. The second kappa shape index (κ2) is 5.28. The van der Waals surface area contributed by atoms with E-state index in [0.717, 1.165) is 5.56 Å². The number of nitrogen functional groups attached to an aromatic ring is 1. The minimum absolute atomic E-state index is 0.0928. The SMILES string of the molecule is Nc1c(=O)[nH]c(NCc2ccccc2)c2cc(F)ccc12. The summed E-state index contributed by atoms with van der Waals surface area (Å²) >= 11 is 0. The van der Waals surface area contributed by atoms with Crippen LogP contribution in [0.2, 0.25) is 0 Å². The minimum atomic E-state index is -0.385. The zero-order valence-corrected chi connectivity index (χ0v) is 11.2. The summed E-state index contributed by atoms with van der Waals surface area (Å²) in [7, 11) is 0. The molecule has 0 unspecified atom stereocenters. The Kier molecular flexibility index (Phi) is 3.31. The molecule has 3 rings (SSSR count). The third-order valence-electron chi connectivity index (χ3n) is 3.34. The van der Waals surface area contributed by atoms with Gasteiger partial charge in [-0.15, -0.1) is 0 Å². The van der Waals surface area contributed by atoms with Crippen molar-refractivity contribution in [1.29, 1.82) is 0 Å². The Hall–Kier alpha value is -2.82. The van der Waals surface area contributed by atoms with E-state index in [1.54, 1.807) is 0 Å². The maximum atomic E-state index is 13.5. The zero-order chi connectivity index (χ0) is 14.8. The number of H-pyrrole nitrogens is 1. The predicted octanol–water partition coefficient (Wildman–Crippen LogP) is 2.86. The van der Waals surface area contributed by atoms with Crippen molar-refractivity contribution in [3.8, 4) is 0 Å². The van der Waals surface area contributed by atoms with Crippen LogP contribution in [0.5, 0.6) is 0 Å². The van der Waals surface area contributed by atoms with Gasteiger partial charge in [0.15, 0.2) is 0 Å². The predicted molar refractivity (Wildman–Crippen MR) is 82.7 cm³/mol. The molecule has 5 heteroatoms. The van der Waals surface area contributed by atoms with Crippen molar-refractivity contribution in [1.82, 2.24) is 4.98 Å². The highest BCUT2D eigenvalue weighted by Gasteiger charge is 2.09. The molecule has 1 heterocycles. The molecule has 1 aromatic heterocycles. The van der Waals surface area contributed by atoms with Crippen LogP contribution in [0.1, 0.15) is 5.56 Å². The molecule has 4 N–H and O–H groups in total. The van der Waals surface area contributed by atoms with Crippen LogP contribution < -0.4 is 16.6 Å². The van der Waals surface area contributed by atoms with Crippen LogP contribution in [-0.4, -0.2) is 4.98 Å². The number of fused-ring (bicyclic) bond motifs is 1. The molecule has 2 aromatic carbocycles. The summed E-state index contributed by atoms with van der Waals surface area (Å²) in [4.78, 5) is 14.5. The Morgan fingerprint density at radius 3 is 2.62 bits per heavy atom. The molecule has 0 aliphatic rings. The maximum Gasteiger partial charge on any atom is 0.273 e. The molecule has 0 saturated carbocycles. The Balaban J connectivity index is 2.03. The van der Waals surface area contributed by atoms with Crippen LogP contribution in [0.4, 0.5) is 15.9 Å². The molecule has 106 valence electrons. The van der Waals surface area contributed by atoms with Crippen LogP contribution in [0.15, 0.2) is 53.3 Å². The lowest BCUT2D eigenvalue weighted by Crippen LogP contribution is -2.15. The third kappa shape index (κ3) is 2.58. The van der Waals surface area contributed by atoms with E-state index < -0.39 is 0 Å². The number of hydrogen-bond donors (Lipinski definition) is 3. The van der Waals surface area contributed by atoms with Gasteiger partial charge in [0.25, 0.3) is 5.56 Å². The van der Waals surface area contributed by atoms with Gasteiger partial charge < -0.3 is 16.0 Å². The van der Waals surface area contributed by atoms with Crippen molar-refractivity contribution in [2.75, 3.05) is 11.1 Å². The normalized spacial score (nSPS) is 10.7. The van der Waals surface area contributed by atoms with E-state index in [1.807, 2.05) is 30.3 Å². The standard InChI is InChI=1S/C16H14FN3O/c17-11-6-7-12-13(8-11)15(20-16(21)14(12)18)19-9-10-4-2-1-3-5-10/h1-8H,9,18H2,(H2,19,20,21). The third-order valence-corrected chi connectivity index (χ3v) is 3.34. The fraction of sp³-hybridized carbons (Fsp3) is 0.0625. The summed E-state index contributed by atoms with van der Waals surface area (Å²) in [5.41, 5.74) is 6.51. The van der Waals surface area contributed by atoms with Gasteiger partial charge in [-0.1, -0.05) is 30.3 Å². The Morgan fingerprint density at radius 2 is 1.86 bits per heavy atom. The monoisotopic (exact) mass is 283 g/mol. The molecular formula is C16H14FN3O. The van der Waals surface area contributed by atoms with Crippen molar-refractivity contribution in [3.63, 3.8) is 0 Å². The Morgan fingerprint density at radius 1 is 1.10 bits per heavy atom. The fourth-order valence-corrected chi connectivity index (χ4v) is 2.25. The highest BCUT2D eigenvalue weighted by Crippen LogP contribution is 2.25. The first-order chi connectivity index (χ1) is 10.1. The van der Waals surface area contributed by atoms with Gasteiger partial charge in [-0.25, -0.2) is 4.39 Å². The summed E-state index contributed by atoms with van der Waals surface area (Å²) in [6, 6.07) is 13.9. The van der Waals surface area contributed by atoms with Crippen LogP contribution in [0.3, 0.4) is 0 Å². The first-order valence-electron chi connectivity index (χ1n) is 6.54. The number of nitrogens with one attached hydrogen (secondary N) is 2. The second-order valence-corrected chi connectivity index (χ2v) is 4.77. The van der Waals surface area contributed by atoms with E-state index in [4.69, 9.17) is 5.73 Å². The quantitative estimate of drug-likeness (QED) is 0.692. The van der Waals surface area contributed by atoms with Gasteiger partial charge in [-0.3, -0.25) is 4.79 Å². The molecule has 0 spiro atoms. The second-order valence-electron chi connectivity index (χ2n) is 4.77. The molecule has 0 aliphatic carbocycles. The van der Waals surface area contributed by atoms with E-state index in [2.05, 4.69) is 10.3 Å². The summed E-state index contributed by atoms with van der Waals surface area (Å²) in [6.45, 7) is 0.520. The van der Waals surface area contributed by atoms with Gasteiger partial charge in [0.2, 0.25) is 0 Å². The molecule has 0 amide bonds. The van der Waals surface area contributed by atoms with E-state index in [0.29, 0.717) is 23.1 Å². The zero-order valence-electron chi connectivity index (χ0n) is 11.2. The van der Waals surface area contributed by atoms with Crippen LogP contribution >= 0.6 is 0 Å². The molecule has 0 bridgehead atoms. The van der Waals surface area contributed by atoms with Crippen LogP contribution in [0, 0.1) is 5.82 Å². The summed E-state index contributed by atoms with van der Waals surface area (Å²) in [5, 5.41) is 4.22. The van der Waals surface area contributed by atoms with Gasteiger partial charge in [0.05, 0.1) is 0 Å². The average molecular weight is 283 g/mol. The van der Waals surface area contributed by atoms with Crippen molar-refractivity contribution in [3.05, 3.63) is 70.3 Å². The van der Waals surface area contributed by atoms with Crippen LogP contribution in [0.25, 0.3) is 10.8 Å². The molecule has 0 aliphatic heterocycles. The number of nitrogens with two attached hydrogens (primary N) is 1. The number of rotatable bonds is 3. The summed E-state index contributed by atoms with van der Waals surface area (Å²) < 4.78 is 13.5. The molecule has 0 atom stereocenters. The molecule has 4 nitrogen and oxygen atoms in total. The minimum Gasteiger partial charge on any atom is -0.394 e. The van der Waals surface area contributed by atoms with Crippen molar-refractivity contribution in [2.45, 2.75) is 6.54 Å². The van der Waals surface area contributed by atoms with E-state index in [9.17, 15) is 9.18 Å². The Labute approximate surface area is 120 Å². The summed E-state index contributed by atoms with van der Waals surface area (Å²) in [5.74, 6) is 0.0873. The van der Waals surface area contributed by atoms with Gasteiger partial charge in [0, 0.05) is 17.3 Å². The number of aromatic amines is 1. The van der Waals surface area contributed by atoms with Gasteiger partial charge in [-0.05, 0) is 23.8 Å². The van der Waals surface area contributed by atoms with Gasteiger partial charge in [0.1, 0.15) is 17.3 Å². The number of halogens is 1. The first kappa shape index (κ1) is 13.2. The highest BCUT2D eigenvalue weighted by molar-refractivity contribution is 5.99. The van der Waals surface area contributed by atoms with Crippen LogP contribution in [-0.2, 0) is 6.54 Å². The maximum absolute atomic E-state index is 13.5. The molecule has 0 saturated heterocycles. The first-order valence-corrected chi connectivity index (χ1v) is 6.54. The molecule has 3 aromatic rings. The highest BCUT2D eigenvalue weighted by atomic mass is 19.1. The topological polar surface area (TPSA) is 70.9 Å². The number of pyridine rings is 1. The number of aromatic nitrogens is 1. The number of benzene rings is 2. The van der Waals surface area contributed by atoms with Crippen molar-refractivity contribution < 1.29 is 4.39 Å². The van der Waals surface area contributed by atoms with Crippen molar-refractivity contribution in [2.24, 2.45) is 0 Å². The van der Waals surface area contributed by atoms with Crippen molar-refractivity contribution >= 4 is 22.3 Å².